The number of rotatable bonds is 6. The van der Waals surface area contributed by atoms with Gasteiger partial charge in [0.1, 0.15) is 0 Å². The molecule has 0 atom stereocenters. The van der Waals surface area contributed by atoms with Gasteiger partial charge in [0.25, 0.3) is 0 Å². The first kappa shape index (κ1) is 30.4. The molecule has 0 saturated carbocycles. The minimum absolute atomic E-state index is 0.00458. The molecule has 0 unspecified atom stereocenters. The predicted molar refractivity (Wildman–Crippen MR) is 92.2 cm³/mol. The molecule has 0 aliphatic carbocycles. The molecule has 0 rings (SSSR count). The van der Waals surface area contributed by atoms with E-state index in [9.17, 15) is 14.4 Å². The van der Waals surface area contributed by atoms with Crippen LogP contribution in [0.2, 0.25) is 0 Å². The molecule has 0 heterocycles. The fourth-order valence-electron chi connectivity index (χ4n) is 0.368. The molecule has 0 aromatic heterocycles. The van der Waals surface area contributed by atoms with E-state index in [2.05, 4.69) is 13.2 Å². The average molecular weight is 364 g/mol. The Labute approximate surface area is 146 Å². The van der Waals surface area contributed by atoms with Crippen LogP contribution in [-0.2, 0) is 14.4 Å². The van der Waals surface area contributed by atoms with E-state index >= 15 is 0 Å². The minimum Gasteiger partial charge on any atom is -0.478 e. The van der Waals surface area contributed by atoms with Gasteiger partial charge in [0, 0.05) is 23.3 Å². The monoisotopic (exact) mass is 364 g/mol. The molecule has 146 valence electrons. The van der Waals surface area contributed by atoms with Crippen molar-refractivity contribution in [3.63, 3.8) is 0 Å². The lowest BCUT2D eigenvalue weighted by atomic mass is 10.2. The van der Waals surface area contributed by atoms with E-state index in [1.54, 1.807) is 0 Å². The third kappa shape index (κ3) is 38.9. The van der Waals surface area contributed by atoms with Crippen LogP contribution in [0, 0.1) is 0 Å². The summed E-state index contributed by atoms with van der Waals surface area (Å²) in [5, 5.41) is 47.6. The second-order valence-corrected chi connectivity index (χ2v) is 4.32. The van der Waals surface area contributed by atoms with Crippen molar-refractivity contribution in [2.24, 2.45) is 0 Å². The average Bonchev–Trinajstić information content (AvgIpc) is 2.53. The van der Waals surface area contributed by atoms with E-state index in [0.717, 1.165) is 0 Å². The normalized spacial score (nSPS) is 8.96. The van der Waals surface area contributed by atoms with Crippen LogP contribution >= 0.6 is 0 Å². The topological polar surface area (TPSA) is 173 Å². The van der Waals surface area contributed by atoms with Gasteiger partial charge in [-0.2, -0.15) is 0 Å². The van der Waals surface area contributed by atoms with E-state index in [0.29, 0.717) is 6.42 Å². The Morgan fingerprint density at radius 2 is 1.00 bits per heavy atom. The maximum absolute atomic E-state index is 10.1. The van der Waals surface area contributed by atoms with Crippen LogP contribution in [0.4, 0.5) is 0 Å². The molecule has 0 aromatic carbocycles. The summed E-state index contributed by atoms with van der Waals surface area (Å²) in [5.74, 6) is -2.80. The zero-order valence-electron chi connectivity index (χ0n) is 14.7. The minimum atomic E-state index is -0.935. The van der Waals surface area contributed by atoms with Crippen molar-refractivity contribution in [1.82, 2.24) is 0 Å². The highest BCUT2D eigenvalue weighted by atomic mass is 16.4. The SMILES string of the molecule is C=C(C)C(=O)O.C=C(C)C(=O)O.CC(=CCCO)C(=O)O.OCCO. The lowest BCUT2D eigenvalue weighted by Gasteiger charge is -1.89. The summed E-state index contributed by atoms with van der Waals surface area (Å²) in [6.07, 6.45) is 1.90. The van der Waals surface area contributed by atoms with Gasteiger partial charge in [-0.15, -0.1) is 0 Å². The number of hydrogen-bond donors (Lipinski definition) is 6. The van der Waals surface area contributed by atoms with Crippen LogP contribution < -0.4 is 0 Å². The second-order valence-electron chi connectivity index (χ2n) is 4.32. The predicted octanol–water partition coefficient (Wildman–Crippen LogP) is 0.665. The lowest BCUT2D eigenvalue weighted by Crippen LogP contribution is -1.95. The Hall–Kier alpha value is -2.49. The first-order chi connectivity index (χ1) is 11.4. The van der Waals surface area contributed by atoms with Crippen molar-refractivity contribution in [1.29, 1.82) is 0 Å². The van der Waals surface area contributed by atoms with Crippen LogP contribution in [0.25, 0.3) is 0 Å². The molecule has 6 N–H and O–H groups in total. The molecule has 0 aliphatic heterocycles. The van der Waals surface area contributed by atoms with Crippen molar-refractivity contribution in [2.45, 2.75) is 27.2 Å². The summed E-state index contributed by atoms with van der Waals surface area (Å²) < 4.78 is 0. The smallest absolute Gasteiger partial charge is 0.330 e. The first-order valence-corrected chi connectivity index (χ1v) is 6.89. The number of aliphatic hydroxyl groups is 3. The van der Waals surface area contributed by atoms with E-state index < -0.39 is 17.9 Å². The Bertz CT molecular complexity index is 401. The van der Waals surface area contributed by atoms with Gasteiger partial charge in [-0.3, -0.25) is 0 Å². The van der Waals surface area contributed by atoms with Gasteiger partial charge in [0.2, 0.25) is 0 Å². The van der Waals surface area contributed by atoms with Crippen LogP contribution in [-0.4, -0.2) is 68.4 Å². The standard InChI is InChI=1S/C6H10O3.2C4H6O2.C2H6O2/c1-5(6(8)9)3-2-4-7;2*1-3(2)4(5)6;3-1-2-4/h3,7H,2,4H2,1H3,(H,8,9);2*1H2,2H3,(H,5,6);3-4H,1-2H2. The van der Waals surface area contributed by atoms with Crippen LogP contribution in [0.15, 0.2) is 36.0 Å². The first-order valence-electron chi connectivity index (χ1n) is 6.89. The number of carboxylic acids is 3. The third-order valence-electron chi connectivity index (χ3n) is 1.75. The molecular weight excluding hydrogens is 336 g/mol. The molecule has 0 amide bonds. The van der Waals surface area contributed by atoms with Gasteiger partial charge in [0.05, 0.1) is 13.2 Å². The van der Waals surface area contributed by atoms with Crippen molar-refractivity contribution < 1.29 is 45.0 Å². The van der Waals surface area contributed by atoms with Crippen LogP contribution in [0.1, 0.15) is 27.2 Å². The fraction of sp³-hybridized carbons (Fsp3) is 0.438. The van der Waals surface area contributed by atoms with Gasteiger partial charge in [-0.1, -0.05) is 19.2 Å². The number of carbonyl (C=O) groups is 3. The molecule has 0 bridgehead atoms. The lowest BCUT2D eigenvalue weighted by molar-refractivity contribution is -0.133. The molecule has 0 radical (unpaired) electrons. The summed E-state index contributed by atoms with van der Waals surface area (Å²) in [5.41, 5.74) is 0.633. The zero-order valence-corrected chi connectivity index (χ0v) is 14.7. The van der Waals surface area contributed by atoms with E-state index in [1.807, 2.05) is 0 Å². The van der Waals surface area contributed by atoms with Gasteiger partial charge in [-0.25, -0.2) is 14.4 Å². The summed E-state index contributed by atoms with van der Waals surface area (Å²) >= 11 is 0. The highest BCUT2D eigenvalue weighted by Crippen LogP contribution is 1.93. The van der Waals surface area contributed by atoms with Gasteiger partial charge in [0.15, 0.2) is 0 Å². The molecule has 0 spiro atoms. The van der Waals surface area contributed by atoms with Gasteiger partial charge >= 0.3 is 17.9 Å². The van der Waals surface area contributed by atoms with Gasteiger partial charge in [-0.05, 0) is 27.2 Å². The molecule has 9 heteroatoms. The van der Waals surface area contributed by atoms with Crippen LogP contribution in [0.5, 0.6) is 0 Å². The Balaban J connectivity index is -0.000000123. The number of carboxylic acid groups (broad SMARTS) is 3. The molecule has 0 aliphatic rings. The van der Waals surface area contributed by atoms with Gasteiger partial charge < -0.3 is 30.6 Å². The summed E-state index contributed by atoms with van der Waals surface area (Å²) in [6.45, 7) is 10.5. The molecule has 9 nitrogen and oxygen atoms in total. The molecular formula is C16H28O9. The Morgan fingerprint density at radius 3 is 1.12 bits per heavy atom. The summed E-state index contributed by atoms with van der Waals surface area (Å²) in [7, 11) is 0. The Kier molecular flexibility index (Phi) is 26.2. The summed E-state index contributed by atoms with van der Waals surface area (Å²) in [6, 6.07) is 0. The van der Waals surface area contributed by atoms with E-state index in [1.165, 1.54) is 26.8 Å². The molecule has 0 saturated heterocycles. The fourth-order valence-corrected chi connectivity index (χ4v) is 0.368. The molecule has 0 fully saturated rings. The third-order valence-corrected chi connectivity index (χ3v) is 1.75. The summed E-state index contributed by atoms with van der Waals surface area (Å²) in [4.78, 5) is 29.3. The van der Waals surface area contributed by atoms with Crippen molar-refractivity contribution in [2.75, 3.05) is 19.8 Å². The molecule has 25 heavy (non-hydrogen) atoms. The van der Waals surface area contributed by atoms with Crippen molar-refractivity contribution in [3.8, 4) is 0 Å². The largest absolute Gasteiger partial charge is 0.478 e. The Morgan fingerprint density at radius 1 is 0.720 bits per heavy atom. The van der Waals surface area contributed by atoms with Crippen molar-refractivity contribution >= 4 is 17.9 Å². The number of hydrogen-bond acceptors (Lipinski definition) is 6. The number of aliphatic hydroxyl groups excluding tert-OH is 3. The highest BCUT2D eigenvalue weighted by molar-refractivity contribution is 5.85. The number of aliphatic carboxylic acids is 3. The molecule has 0 aromatic rings. The highest BCUT2D eigenvalue weighted by Gasteiger charge is 1.96. The zero-order chi connectivity index (χ0) is 21.0. The van der Waals surface area contributed by atoms with Crippen LogP contribution in [0.3, 0.4) is 0 Å². The maximum Gasteiger partial charge on any atom is 0.330 e. The van der Waals surface area contributed by atoms with E-state index in [-0.39, 0.29) is 36.5 Å². The second kappa shape index (κ2) is 21.5. The van der Waals surface area contributed by atoms with Crippen molar-refractivity contribution in [3.05, 3.63) is 36.0 Å². The quantitative estimate of drug-likeness (QED) is 0.370. The maximum atomic E-state index is 10.1. The van der Waals surface area contributed by atoms with E-state index in [4.69, 9.17) is 30.6 Å².